The molecule has 2 heterocycles. The summed E-state index contributed by atoms with van der Waals surface area (Å²) in [7, 11) is 1.73. The number of rotatable bonds is 4. The molecule has 1 aliphatic rings. The van der Waals surface area contributed by atoms with Gasteiger partial charge in [0.05, 0.1) is 17.3 Å². The van der Waals surface area contributed by atoms with Gasteiger partial charge in [-0.25, -0.2) is 4.79 Å². The number of likely N-dealkylation sites (tertiary alicyclic amines) is 1. The molecule has 0 aromatic carbocycles. The van der Waals surface area contributed by atoms with Gasteiger partial charge in [-0.05, 0) is 25.0 Å². The number of nitrogens with zero attached hydrogens (tertiary/aromatic N) is 2. The molecule has 1 fully saturated rings. The maximum atomic E-state index is 12.4. The van der Waals surface area contributed by atoms with Gasteiger partial charge in [0, 0.05) is 24.5 Å². The second-order valence-electron chi connectivity index (χ2n) is 4.93. The van der Waals surface area contributed by atoms with Crippen LogP contribution in [0.5, 0.6) is 0 Å². The van der Waals surface area contributed by atoms with E-state index in [1.165, 1.54) is 11.3 Å². The van der Waals surface area contributed by atoms with Crippen molar-refractivity contribution in [3.63, 3.8) is 0 Å². The highest BCUT2D eigenvalue weighted by molar-refractivity contribution is 7.16. The van der Waals surface area contributed by atoms with Crippen molar-refractivity contribution in [1.82, 2.24) is 9.80 Å². The lowest BCUT2D eigenvalue weighted by molar-refractivity contribution is -0.138. The Morgan fingerprint density at radius 2 is 2.30 bits per heavy atom. The van der Waals surface area contributed by atoms with Crippen LogP contribution in [0, 0.1) is 0 Å². The number of thiophene rings is 1. The number of carboxylic acid groups (broad SMARTS) is 1. The molecule has 110 valence electrons. The molecule has 20 heavy (non-hydrogen) atoms. The average Bonchev–Trinajstić information content (AvgIpc) is 2.97. The lowest BCUT2D eigenvalue weighted by Gasteiger charge is -2.28. The molecule has 0 aliphatic carbocycles. The highest BCUT2D eigenvalue weighted by atomic mass is 35.5. The van der Waals surface area contributed by atoms with Crippen LogP contribution >= 0.6 is 22.9 Å². The van der Waals surface area contributed by atoms with E-state index in [0.29, 0.717) is 17.4 Å². The third-order valence-electron chi connectivity index (χ3n) is 3.38. The summed E-state index contributed by atoms with van der Waals surface area (Å²) in [5, 5.41) is 8.89. The molecular formula is C13H17ClN2O3S. The van der Waals surface area contributed by atoms with Gasteiger partial charge in [0.15, 0.2) is 0 Å². The van der Waals surface area contributed by atoms with Crippen LogP contribution in [0.2, 0.25) is 4.34 Å². The zero-order valence-corrected chi connectivity index (χ0v) is 12.8. The minimum Gasteiger partial charge on any atom is -0.481 e. The fourth-order valence-corrected chi connectivity index (χ4v) is 3.60. The van der Waals surface area contributed by atoms with Crippen molar-refractivity contribution in [2.24, 2.45) is 0 Å². The van der Waals surface area contributed by atoms with Crippen molar-refractivity contribution in [3.05, 3.63) is 21.3 Å². The number of urea groups is 1. The average molecular weight is 317 g/mol. The van der Waals surface area contributed by atoms with Crippen LogP contribution in [-0.2, 0) is 11.3 Å². The van der Waals surface area contributed by atoms with Crippen molar-refractivity contribution >= 4 is 34.9 Å². The molecule has 1 aromatic heterocycles. The number of carbonyl (C=O) groups excluding carboxylic acids is 1. The van der Waals surface area contributed by atoms with E-state index in [4.69, 9.17) is 16.7 Å². The van der Waals surface area contributed by atoms with Gasteiger partial charge >= 0.3 is 12.0 Å². The SMILES string of the molecule is CN(Cc1ccc(Cl)s1)C(=O)N1CCCC1CC(=O)O. The molecule has 1 saturated heterocycles. The maximum absolute atomic E-state index is 12.4. The highest BCUT2D eigenvalue weighted by Gasteiger charge is 2.32. The first-order valence-electron chi connectivity index (χ1n) is 6.45. The molecule has 1 aliphatic heterocycles. The molecule has 0 bridgehead atoms. The second kappa shape index (κ2) is 6.45. The van der Waals surface area contributed by atoms with Gasteiger partial charge < -0.3 is 14.9 Å². The van der Waals surface area contributed by atoms with Gasteiger partial charge in [-0.2, -0.15) is 0 Å². The van der Waals surface area contributed by atoms with Crippen LogP contribution in [0.4, 0.5) is 4.79 Å². The molecule has 2 rings (SSSR count). The highest BCUT2D eigenvalue weighted by Crippen LogP contribution is 2.25. The Kier molecular flexibility index (Phi) is 4.88. The van der Waals surface area contributed by atoms with Crippen molar-refractivity contribution in [1.29, 1.82) is 0 Å². The smallest absolute Gasteiger partial charge is 0.320 e. The Bertz CT molecular complexity index is 506. The van der Waals surface area contributed by atoms with E-state index >= 15 is 0 Å². The number of halogens is 1. The normalized spacial score (nSPS) is 18.3. The summed E-state index contributed by atoms with van der Waals surface area (Å²) in [6, 6.07) is 3.41. The van der Waals surface area contributed by atoms with E-state index in [2.05, 4.69) is 0 Å². The van der Waals surface area contributed by atoms with Crippen LogP contribution in [0.3, 0.4) is 0 Å². The third-order valence-corrected chi connectivity index (χ3v) is 4.60. The maximum Gasteiger partial charge on any atom is 0.320 e. The molecular weight excluding hydrogens is 300 g/mol. The van der Waals surface area contributed by atoms with Gasteiger partial charge in [-0.1, -0.05) is 11.6 Å². The Balaban J connectivity index is 1.97. The van der Waals surface area contributed by atoms with Gasteiger partial charge in [0.25, 0.3) is 0 Å². The molecule has 0 radical (unpaired) electrons. The predicted octanol–water partition coefficient (Wildman–Crippen LogP) is 2.89. The Hall–Kier alpha value is -1.27. The summed E-state index contributed by atoms with van der Waals surface area (Å²) in [4.78, 5) is 27.5. The zero-order valence-electron chi connectivity index (χ0n) is 11.2. The third kappa shape index (κ3) is 3.64. The first-order valence-corrected chi connectivity index (χ1v) is 7.64. The molecule has 1 N–H and O–H groups in total. The van der Waals surface area contributed by atoms with Crippen molar-refractivity contribution < 1.29 is 14.7 Å². The molecule has 1 atom stereocenters. The monoisotopic (exact) mass is 316 g/mol. The fourth-order valence-electron chi connectivity index (χ4n) is 2.46. The van der Waals surface area contributed by atoms with Gasteiger partial charge in [0.2, 0.25) is 0 Å². The summed E-state index contributed by atoms with van der Waals surface area (Å²) >= 11 is 7.32. The van der Waals surface area contributed by atoms with Crippen LogP contribution in [0.15, 0.2) is 12.1 Å². The van der Waals surface area contributed by atoms with Crippen molar-refractivity contribution in [2.75, 3.05) is 13.6 Å². The number of carbonyl (C=O) groups is 2. The van der Waals surface area contributed by atoms with Crippen LogP contribution in [-0.4, -0.2) is 46.5 Å². The van der Waals surface area contributed by atoms with E-state index in [1.54, 1.807) is 16.8 Å². The summed E-state index contributed by atoms with van der Waals surface area (Å²) in [5.74, 6) is -0.859. The predicted molar refractivity (Wildman–Crippen MR) is 78.2 cm³/mol. The van der Waals surface area contributed by atoms with E-state index in [-0.39, 0.29) is 18.5 Å². The second-order valence-corrected chi connectivity index (χ2v) is 6.73. The number of amides is 2. The lowest BCUT2D eigenvalue weighted by atomic mass is 10.1. The van der Waals surface area contributed by atoms with Crippen molar-refractivity contribution in [3.8, 4) is 0 Å². The van der Waals surface area contributed by atoms with E-state index in [9.17, 15) is 9.59 Å². The zero-order chi connectivity index (χ0) is 14.7. The minimum absolute atomic E-state index is 0.0183. The largest absolute Gasteiger partial charge is 0.481 e. The van der Waals surface area contributed by atoms with Gasteiger partial charge in [0.1, 0.15) is 0 Å². The molecule has 1 unspecified atom stereocenters. The Labute approximate surface area is 126 Å². The molecule has 1 aromatic rings. The summed E-state index contributed by atoms with van der Waals surface area (Å²) in [6.45, 7) is 1.12. The molecule has 5 nitrogen and oxygen atoms in total. The first-order chi connectivity index (χ1) is 9.47. The molecule has 0 spiro atoms. The Morgan fingerprint density at radius 3 is 2.90 bits per heavy atom. The molecule has 0 saturated carbocycles. The Morgan fingerprint density at radius 1 is 1.55 bits per heavy atom. The summed E-state index contributed by atoms with van der Waals surface area (Å²) in [6.07, 6.45) is 1.64. The minimum atomic E-state index is -0.859. The molecule has 7 heteroatoms. The van der Waals surface area contributed by atoms with E-state index in [0.717, 1.165) is 17.7 Å². The lowest BCUT2D eigenvalue weighted by Crippen LogP contribution is -2.44. The number of carboxylic acids is 1. The topological polar surface area (TPSA) is 60.9 Å². The van der Waals surface area contributed by atoms with E-state index in [1.807, 2.05) is 12.1 Å². The number of hydrogen-bond acceptors (Lipinski definition) is 3. The quantitative estimate of drug-likeness (QED) is 0.929. The van der Waals surface area contributed by atoms with Crippen LogP contribution in [0.1, 0.15) is 24.1 Å². The number of hydrogen-bond donors (Lipinski definition) is 1. The van der Waals surface area contributed by atoms with Gasteiger partial charge in [-0.3, -0.25) is 4.79 Å². The van der Waals surface area contributed by atoms with Crippen molar-refractivity contribution in [2.45, 2.75) is 31.8 Å². The first kappa shape index (κ1) is 15.1. The van der Waals surface area contributed by atoms with Crippen LogP contribution < -0.4 is 0 Å². The van der Waals surface area contributed by atoms with E-state index < -0.39 is 5.97 Å². The summed E-state index contributed by atoms with van der Waals surface area (Å²) < 4.78 is 0.700. The summed E-state index contributed by atoms with van der Waals surface area (Å²) in [5.41, 5.74) is 0. The van der Waals surface area contributed by atoms with Gasteiger partial charge in [-0.15, -0.1) is 11.3 Å². The fraction of sp³-hybridized carbons (Fsp3) is 0.538. The number of aliphatic carboxylic acids is 1. The standard InChI is InChI=1S/C13H17ClN2O3S/c1-15(8-10-4-5-11(14)20-10)13(19)16-6-2-3-9(16)7-12(17)18/h4-5,9H,2-3,6-8H2,1H3,(H,17,18). The molecule has 2 amide bonds. The van der Waals surface area contributed by atoms with Crippen LogP contribution in [0.25, 0.3) is 0 Å².